The van der Waals surface area contributed by atoms with Gasteiger partial charge in [0, 0.05) is 38.2 Å². The summed E-state index contributed by atoms with van der Waals surface area (Å²) in [5.41, 5.74) is 0. The highest BCUT2D eigenvalue weighted by Crippen LogP contribution is 2.17. The molecular weight excluding hydrogens is 378 g/mol. The lowest BCUT2D eigenvalue weighted by Gasteiger charge is -2.34. The number of likely N-dealkylation sites (tertiary alicyclic amines) is 1. The van der Waals surface area contributed by atoms with Gasteiger partial charge in [0.05, 0.1) is 6.54 Å². The van der Waals surface area contributed by atoms with Gasteiger partial charge in [0.25, 0.3) is 0 Å². The van der Waals surface area contributed by atoms with Crippen molar-refractivity contribution in [1.29, 1.82) is 0 Å². The second-order valence-corrected chi connectivity index (χ2v) is 7.18. The fraction of sp³-hybridized carbons (Fsp3) is 0.619. The summed E-state index contributed by atoms with van der Waals surface area (Å²) in [6, 6.07) is 3.71. The molecule has 1 aliphatic rings. The van der Waals surface area contributed by atoms with Gasteiger partial charge >= 0.3 is 0 Å². The minimum absolute atomic E-state index is 0.128. The van der Waals surface area contributed by atoms with Crippen molar-refractivity contribution in [3.63, 3.8) is 0 Å². The van der Waals surface area contributed by atoms with Gasteiger partial charge in [-0.15, -0.1) is 0 Å². The Morgan fingerprint density at radius 3 is 2.52 bits per heavy atom. The first-order valence-corrected chi connectivity index (χ1v) is 10.3. The number of nitrogens with one attached hydrogen (secondary N) is 2. The van der Waals surface area contributed by atoms with Gasteiger partial charge in [-0.2, -0.15) is 0 Å². The number of rotatable bonds is 8. The van der Waals surface area contributed by atoms with Crippen LogP contribution in [0.5, 0.6) is 5.75 Å². The molecule has 1 aliphatic heterocycles. The first-order chi connectivity index (χ1) is 14.0. The first kappa shape index (κ1) is 22.9. The summed E-state index contributed by atoms with van der Waals surface area (Å²) in [7, 11) is 1.69. The van der Waals surface area contributed by atoms with Crippen molar-refractivity contribution >= 4 is 11.9 Å². The van der Waals surface area contributed by atoms with Gasteiger partial charge < -0.3 is 20.3 Å². The molecule has 1 fully saturated rings. The number of guanidine groups is 1. The number of hydrogen-bond acceptors (Lipinski definition) is 3. The van der Waals surface area contributed by atoms with E-state index in [0.29, 0.717) is 12.5 Å². The monoisotopic (exact) mass is 410 g/mol. The van der Waals surface area contributed by atoms with Gasteiger partial charge in [-0.25, -0.2) is 8.78 Å². The second kappa shape index (κ2) is 11.6. The Bertz CT molecular complexity index is 687. The molecule has 0 aromatic heterocycles. The predicted octanol–water partition coefficient (Wildman–Crippen LogP) is 2.94. The number of hydrogen-bond donors (Lipinski definition) is 2. The molecule has 2 rings (SSSR count). The van der Waals surface area contributed by atoms with Crippen LogP contribution in [-0.4, -0.2) is 56.1 Å². The van der Waals surface area contributed by atoms with Crippen molar-refractivity contribution in [1.82, 2.24) is 15.5 Å². The van der Waals surface area contributed by atoms with Crippen LogP contribution in [0.2, 0.25) is 0 Å². The summed E-state index contributed by atoms with van der Waals surface area (Å²) in [6.45, 7) is 6.38. The van der Waals surface area contributed by atoms with Crippen molar-refractivity contribution in [3.8, 4) is 5.75 Å². The molecule has 0 bridgehead atoms. The Morgan fingerprint density at radius 2 is 1.93 bits per heavy atom. The lowest BCUT2D eigenvalue weighted by Crippen LogP contribution is -2.51. The largest absolute Gasteiger partial charge is 0.492 e. The molecule has 0 radical (unpaired) electrons. The highest BCUT2D eigenvalue weighted by atomic mass is 19.2. The SMILES string of the molecule is CCC(CC)C(=O)N1CCC(NC(=NC)NCCOc2ccc(F)c(F)c2)CC1. The van der Waals surface area contributed by atoms with E-state index in [0.717, 1.165) is 50.9 Å². The molecule has 1 amide bonds. The molecule has 2 N–H and O–H groups in total. The van der Waals surface area contributed by atoms with E-state index in [1.807, 2.05) is 4.90 Å². The lowest BCUT2D eigenvalue weighted by atomic mass is 9.98. The molecule has 1 heterocycles. The van der Waals surface area contributed by atoms with Gasteiger partial charge in [-0.1, -0.05) is 13.8 Å². The average Bonchev–Trinajstić information content (AvgIpc) is 2.74. The highest BCUT2D eigenvalue weighted by Gasteiger charge is 2.26. The third-order valence-electron chi connectivity index (χ3n) is 5.26. The molecule has 0 spiro atoms. The zero-order chi connectivity index (χ0) is 21.2. The van der Waals surface area contributed by atoms with Crippen LogP contribution in [0.4, 0.5) is 8.78 Å². The molecular formula is C21H32F2N4O2. The smallest absolute Gasteiger partial charge is 0.225 e. The van der Waals surface area contributed by atoms with Crippen LogP contribution in [0.1, 0.15) is 39.5 Å². The van der Waals surface area contributed by atoms with E-state index in [1.165, 1.54) is 6.07 Å². The first-order valence-electron chi connectivity index (χ1n) is 10.3. The van der Waals surface area contributed by atoms with Crippen molar-refractivity contribution in [3.05, 3.63) is 29.8 Å². The van der Waals surface area contributed by atoms with Crippen LogP contribution in [0, 0.1) is 17.6 Å². The van der Waals surface area contributed by atoms with Crippen LogP contribution in [0.15, 0.2) is 23.2 Å². The number of ether oxygens (including phenoxy) is 1. The molecule has 162 valence electrons. The van der Waals surface area contributed by atoms with Crippen molar-refractivity contribution in [2.45, 2.75) is 45.6 Å². The lowest BCUT2D eigenvalue weighted by molar-refractivity contribution is -0.136. The van der Waals surface area contributed by atoms with E-state index in [-0.39, 0.29) is 30.2 Å². The number of amides is 1. The number of aliphatic imine (C=N–C) groups is 1. The Kier molecular flexibility index (Phi) is 9.15. The summed E-state index contributed by atoms with van der Waals surface area (Å²) < 4.78 is 31.5. The minimum Gasteiger partial charge on any atom is -0.492 e. The van der Waals surface area contributed by atoms with Crippen LogP contribution < -0.4 is 15.4 Å². The standard InChI is InChI=1S/C21H32F2N4O2/c1-4-15(5-2)20(28)27-11-8-16(9-12-27)26-21(24-3)25-10-13-29-17-6-7-18(22)19(23)14-17/h6-7,14-16H,4-5,8-13H2,1-3H3,(H2,24,25,26). The molecule has 0 atom stereocenters. The third-order valence-corrected chi connectivity index (χ3v) is 5.26. The predicted molar refractivity (Wildman–Crippen MR) is 110 cm³/mol. The zero-order valence-corrected chi connectivity index (χ0v) is 17.5. The third kappa shape index (κ3) is 6.87. The molecule has 0 unspecified atom stereocenters. The maximum atomic E-state index is 13.2. The molecule has 8 heteroatoms. The second-order valence-electron chi connectivity index (χ2n) is 7.18. The number of piperidine rings is 1. The number of carbonyl (C=O) groups is 1. The fourth-order valence-electron chi connectivity index (χ4n) is 3.43. The van der Waals surface area contributed by atoms with Gasteiger partial charge in [-0.05, 0) is 37.8 Å². The Labute approximate surface area is 171 Å². The summed E-state index contributed by atoms with van der Waals surface area (Å²) in [6.07, 6.45) is 3.52. The van der Waals surface area contributed by atoms with Crippen molar-refractivity contribution < 1.29 is 18.3 Å². The Morgan fingerprint density at radius 1 is 1.24 bits per heavy atom. The van der Waals surface area contributed by atoms with Gasteiger partial charge in [0.1, 0.15) is 12.4 Å². The summed E-state index contributed by atoms with van der Waals surface area (Å²) in [5, 5.41) is 6.52. The minimum atomic E-state index is -0.929. The molecule has 0 aliphatic carbocycles. The normalized spacial score (nSPS) is 15.5. The highest BCUT2D eigenvalue weighted by molar-refractivity contribution is 5.80. The van der Waals surface area contributed by atoms with Gasteiger partial charge in [-0.3, -0.25) is 9.79 Å². The molecule has 29 heavy (non-hydrogen) atoms. The van der Waals surface area contributed by atoms with E-state index in [1.54, 1.807) is 7.05 Å². The van der Waals surface area contributed by atoms with Crippen LogP contribution in [0.3, 0.4) is 0 Å². The van der Waals surface area contributed by atoms with E-state index < -0.39 is 11.6 Å². The Balaban J connectivity index is 1.70. The topological polar surface area (TPSA) is 66.0 Å². The number of benzene rings is 1. The van der Waals surface area contributed by atoms with Gasteiger partial charge in [0.2, 0.25) is 5.91 Å². The van der Waals surface area contributed by atoms with Crippen molar-refractivity contribution in [2.24, 2.45) is 10.9 Å². The van der Waals surface area contributed by atoms with E-state index in [9.17, 15) is 13.6 Å². The maximum absolute atomic E-state index is 13.2. The molecule has 1 aromatic rings. The summed E-state index contributed by atoms with van der Waals surface area (Å²) in [4.78, 5) is 18.7. The number of carbonyl (C=O) groups excluding carboxylic acids is 1. The fourth-order valence-corrected chi connectivity index (χ4v) is 3.43. The Hall–Kier alpha value is -2.38. The summed E-state index contributed by atoms with van der Waals surface area (Å²) in [5.74, 6) is -0.490. The van der Waals surface area contributed by atoms with Crippen LogP contribution in [-0.2, 0) is 4.79 Å². The van der Waals surface area contributed by atoms with Crippen molar-refractivity contribution in [2.75, 3.05) is 33.3 Å². The maximum Gasteiger partial charge on any atom is 0.225 e. The quantitative estimate of drug-likeness (QED) is 0.393. The molecule has 1 aromatic carbocycles. The number of halogens is 2. The number of nitrogens with zero attached hydrogens (tertiary/aromatic N) is 2. The van der Waals surface area contributed by atoms with E-state index in [4.69, 9.17) is 4.74 Å². The summed E-state index contributed by atoms with van der Waals surface area (Å²) >= 11 is 0. The zero-order valence-electron chi connectivity index (χ0n) is 17.5. The average molecular weight is 411 g/mol. The molecule has 6 nitrogen and oxygen atoms in total. The molecule has 1 saturated heterocycles. The van der Waals surface area contributed by atoms with E-state index >= 15 is 0 Å². The molecule has 0 saturated carbocycles. The van der Waals surface area contributed by atoms with E-state index in [2.05, 4.69) is 29.5 Å². The van der Waals surface area contributed by atoms with Crippen LogP contribution >= 0.6 is 0 Å². The van der Waals surface area contributed by atoms with Gasteiger partial charge in [0.15, 0.2) is 17.6 Å². The van der Waals surface area contributed by atoms with Crippen LogP contribution in [0.25, 0.3) is 0 Å².